The van der Waals surface area contributed by atoms with Crippen molar-refractivity contribution in [3.63, 3.8) is 0 Å². The second kappa shape index (κ2) is 3.27. The highest BCUT2D eigenvalue weighted by Gasteiger charge is 2.44. The molecule has 1 N–H and O–H groups in total. The van der Waals surface area contributed by atoms with Crippen molar-refractivity contribution in [3.8, 4) is 0 Å². The van der Waals surface area contributed by atoms with Crippen LogP contribution in [-0.2, 0) is 9.53 Å². The summed E-state index contributed by atoms with van der Waals surface area (Å²) in [5, 5.41) is 3.11. The number of ether oxygens (including phenoxy) is 1. The van der Waals surface area contributed by atoms with Crippen LogP contribution in [0.2, 0.25) is 0 Å². The fraction of sp³-hybridized carbons (Fsp3) is 0.667. The fourth-order valence-electron chi connectivity index (χ4n) is 1.44. The Morgan fingerprint density at radius 3 is 2.50 bits per heavy atom. The molecule has 68 valence electrons. The van der Waals surface area contributed by atoms with Crippen LogP contribution >= 0.6 is 0 Å². The molecule has 0 aromatic carbocycles. The van der Waals surface area contributed by atoms with E-state index in [-0.39, 0.29) is 12.2 Å². The van der Waals surface area contributed by atoms with Gasteiger partial charge in [-0.2, -0.15) is 0 Å². The lowest BCUT2D eigenvalue weighted by molar-refractivity contribution is -0.144. The molecule has 1 rings (SSSR count). The number of hydrogen-bond donors (Lipinski definition) is 1. The molecule has 0 aromatic rings. The van der Waals surface area contributed by atoms with Crippen molar-refractivity contribution in [2.75, 3.05) is 0 Å². The molecule has 3 nitrogen and oxygen atoms in total. The second-order valence-corrected chi connectivity index (χ2v) is 3.00. The SMILES string of the molecule is C=CC1NC(CC)(CC)C(=O)O1. The number of carbonyl (C=O) groups is 1. The molecule has 12 heavy (non-hydrogen) atoms. The van der Waals surface area contributed by atoms with Crippen LogP contribution in [0.1, 0.15) is 26.7 Å². The highest BCUT2D eigenvalue weighted by Crippen LogP contribution is 2.24. The highest BCUT2D eigenvalue weighted by atomic mass is 16.6. The van der Waals surface area contributed by atoms with Crippen molar-refractivity contribution in [2.24, 2.45) is 0 Å². The summed E-state index contributed by atoms with van der Waals surface area (Å²) in [5.41, 5.74) is -0.473. The molecule has 0 saturated carbocycles. The van der Waals surface area contributed by atoms with Gasteiger partial charge in [-0.3, -0.25) is 5.32 Å². The molecule has 0 aromatic heterocycles. The van der Waals surface area contributed by atoms with Crippen LogP contribution in [0.15, 0.2) is 12.7 Å². The van der Waals surface area contributed by atoms with Crippen LogP contribution in [0.4, 0.5) is 0 Å². The van der Waals surface area contributed by atoms with Gasteiger partial charge in [0, 0.05) is 0 Å². The van der Waals surface area contributed by atoms with Crippen molar-refractivity contribution in [1.29, 1.82) is 0 Å². The molecule has 1 aliphatic rings. The van der Waals surface area contributed by atoms with E-state index >= 15 is 0 Å². The zero-order valence-electron chi connectivity index (χ0n) is 7.59. The van der Waals surface area contributed by atoms with Gasteiger partial charge in [0.2, 0.25) is 0 Å². The number of hydrogen-bond acceptors (Lipinski definition) is 3. The zero-order valence-corrected chi connectivity index (χ0v) is 7.59. The minimum Gasteiger partial charge on any atom is -0.441 e. The molecule has 3 heteroatoms. The van der Waals surface area contributed by atoms with Crippen molar-refractivity contribution < 1.29 is 9.53 Å². The summed E-state index contributed by atoms with van der Waals surface area (Å²) in [4.78, 5) is 11.4. The third-order valence-corrected chi connectivity index (χ3v) is 2.46. The monoisotopic (exact) mass is 169 g/mol. The first-order chi connectivity index (χ1) is 5.68. The smallest absolute Gasteiger partial charge is 0.328 e. The molecule has 0 spiro atoms. The average molecular weight is 169 g/mol. The van der Waals surface area contributed by atoms with Crippen molar-refractivity contribution >= 4 is 5.97 Å². The first kappa shape index (κ1) is 9.26. The number of esters is 1. The maximum Gasteiger partial charge on any atom is 0.328 e. The van der Waals surface area contributed by atoms with Gasteiger partial charge in [-0.15, -0.1) is 0 Å². The Balaban J connectivity index is 2.78. The summed E-state index contributed by atoms with van der Waals surface area (Å²) in [6.45, 7) is 7.52. The summed E-state index contributed by atoms with van der Waals surface area (Å²) in [6, 6.07) is 0. The van der Waals surface area contributed by atoms with Crippen LogP contribution in [0.3, 0.4) is 0 Å². The van der Waals surface area contributed by atoms with Crippen molar-refractivity contribution in [1.82, 2.24) is 5.32 Å². The van der Waals surface area contributed by atoms with Gasteiger partial charge in [0.25, 0.3) is 0 Å². The topological polar surface area (TPSA) is 38.3 Å². The van der Waals surface area contributed by atoms with Gasteiger partial charge in [0.05, 0.1) is 0 Å². The zero-order chi connectivity index (χ0) is 9.19. The van der Waals surface area contributed by atoms with E-state index in [1.807, 2.05) is 13.8 Å². The molecule has 0 radical (unpaired) electrons. The summed E-state index contributed by atoms with van der Waals surface area (Å²) in [7, 11) is 0. The maximum absolute atomic E-state index is 11.4. The Morgan fingerprint density at radius 2 is 2.25 bits per heavy atom. The largest absolute Gasteiger partial charge is 0.441 e. The molecule has 1 aliphatic heterocycles. The number of nitrogens with one attached hydrogen (secondary N) is 1. The van der Waals surface area contributed by atoms with Crippen molar-refractivity contribution in [3.05, 3.63) is 12.7 Å². The molecule has 1 fully saturated rings. The predicted molar refractivity (Wildman–Crippen MR) is 46.5 cm³/mol. The molecular weight excluding hydrogens is 154 g/mol. The lowest BCUT2D eigenvalue weighted by Crippen LogP contribution is -2.45. The molecule has 1 saturated heterocycles. The first-order valence-electron chi connectivity index (χ1n) is 4.30. The van der Waals surface area contributed by atoms with Gasteiger partial charge >= 0.3 is 5.97 Å². The maximum atomic E-state index is 11.4. The molecule has 1 unspecified atom stereocenters. The van der Waals surface area contributed by atoms with Crippen LogP contribution in [0.5, 0.6) is 0 Å². The van der Waals surface area contributed by atoms with Crippen LogP contribution < -0.4 is 5.32 Å². The Morgan fingerprint density at radius 1 is 1.67 bits per heavy atom. The Kier molecular flexibility index (Phi) is 2.52. The van der Waals surface area contributed by atoms with E-state index in [1.165, 1.54) is 0 Å². The summed E-state index contributed by atoms with van der Waals surface area (Å²) in [5.74, 6) is -0.155. The average Bonchev–Trinajstić information content (AvgIpc) is 2.43. The third-order valence-electron chi connectivity index (χ3n) is 2.46. The lowest BCUT2D eigenvalue weighted by atomic mass is 9.94. The quantitative estimate of drug-likeness (QED) is 0.509. The van der Waals surface area contributed by atoms with Gasteiger partial charge < -0.3 is 4.74 Å². The Hall–Kier alpha value is -0.830. The summed E-state index contributed by atoms with van der Waals surface area (Å²) >= 11 is 0. The Labute approximate surface area is 72.8 Å². The minimum absolute atomic E-state index is 0.155. The van der Waals surface area contributed by atoms with Gasteiger partial charge in [-0.25, -0.2) is 4.79 Å². The van der Waals surface area contributed by atoms with E-state index in [2.05, 4.69) is 11.9 Å². The van der Waals surface area contributed by atoms with E-state index in [4.69, 9.17) is 4.74 Å². The van der Waals surface area contributed by atoms with Crippen molar-refractivity contribution in [2.45, 2.75) is 38.5 Å². The highest BCUT2D eigenvalue weighted by molar-refractivity contribution is 5.83. The normalized spacial score (nSPS) is 26.8. The number of carbonyl (C=O) groups excluding carboxylic acids is 1. The van der Waals surface area contributed by atoms with E-state index < -0.39 is 5.54 Å². The van der Waals surface area contributed by atoms with Crippen LogP contribution in [-0.4, -0.2) is 17.7 Å². The molecule has 0 amide bonds. The minimum atomic E-state index is -0.473. The van der Waals surface area contributed by atoms with Crippen LogP contribution in [0, 0.1) is 0 Å². The fourth-order valence-corrected chi connectivity index (χ4v) is 1.44. The van der Waals surface area contributed by atoms with Gasteiger partial charge in [0.15, 0.2) is 6.23 Å². The third kappa shape index (κ3) is 1.25. The summed E-state index contributed by atoms with van der Waals surface area (Å²) in [6.07, 6.45) is 2.81. The van der Waals surface area contributed by atoms with E-state index in [0.29, 0.717) is 0 Å². The van der Waals surface area contributed by atoms with Gasteiger partial charge in [0.1, 0.15) is 5.54 Å². The van der Waals surface area contributed by atoms with Gasteiger partial charge in [-0.05, 0) is 18.9 Å². The van der Waals surface area contributed by atoms with E-state index in [0.717, 1.165) is 12.8 Å². The predicted octanol–water partition coefficient (Wildman–Crippen LogP) is 1.20. The molecule has 1 heterocycles. The lowest BCUT2D eigenvalue weighted by Gasteiger charge is -2.20. The van der Waals surface area contributed by atoms with E-state index in [9.17, 15) is 4.79 Å². The number of rotatable bonds is 3. The van der Waals surface area contributed by atoms with Gasteiger partial charge in [-0.1, -0.05) is 20.4 Å². The number of cyclic esters (lactones) is 1. The molecule has 1 atom stereocenters. The summed E-state index contributed by atoms with van der Waals surface area (Å²) < 4.78 is 5.04. The molecule has 0 aliphatic carbocycles. The molecular formula is C9H15NO2. The van der Waals surface area contributed by atoms with E-state index in [1.54, 1.807) is 6.08 Å². The first-order valence-corrected chi connectivity index (χ1v) is 4.30. The Bertz CT molecular complexity index is 197. The standard InChI is InChI=1S/C9H15NO2/c1-4-7-10-9(5-2,6-3)8(11)12-7/h4,7,10H,1,5-6H2,2-3H3. The van der Waals surface area contributed by atoms with Crippen LogP contribution in [0.25, 0.3) is 0 Å². The molecule has 0 bridgehead atoms. The second-order valence-electron chi connectivity index (χ2n) is 3.00.